The monoisotopic (exact) mass is 490 g/mol. The van der Waals surface area contributed by atoms with Gasteiger partial charge in [-0.2, -0.15) is 0 Å². The van der Waals surface area contributed by atoms with Crippen molar-refractivity contribution in [1.82, 2.24) is 14.7 Å². The quantitative estimate of drug-likeness (QED) is 0.460. The summed E-state index contributed by atoms with van der Waals surface area (Å²) in [6, 6.07) is 4.71. The number of amides is 1. The summed E-state index contributed by atoms with van der Waals surface area (Å²) in [7, 11) is 0. The van der Waals surface area contributed by atoms with E-state index in [2.05, 4.69) is 45.7 Å². The van der Waals surface area contributed by atoms with Gasteiger partial charge in [0.1, 0.15) is 5.75 Å². The average Bonchev–Trinajstić information content (AvgIpc) is 3.27. The molecule has 1 amide bonds. The fraction of sp³-hybridized carbons (Fsp3) is 0.480. The number of phenols is 1. The summed E-state index contributed by atoms with van der Waals surface area (Å²) in [4.78, 5) is 19.8. The van der Waals surface area contributed by atoms with Gasteiger partial charge in [0.2, 0.25) is 5.91 Å². The molecular weight excluding hydrogens is 459 g/mol. The molecule has 1 aliphatic carbocycles. The summed E-state index contributed by atoms with van der Waals surface area (Å²) in [5.41, 5.74) is 4.25. The van der Waals surface area contributed by atoms with Crippen molar-refractivity contribution in [1.29, 1.82) is 0 Å². The SMILES string of the molecule is C=C(CN1CC[C@@H](C(=O)Nc2ccc(O)c(Cl)c2)C1)N1CCN(C2=C(C)C(Cl)CC=C2)CC1. The molecule has 33 heavy (non-hydrogen) atoms. The number of piperazine rings is 1. The molecule has 2 heterocycles. The Morgan fingerprint density at radius 2 is 2.00 bits per heavy atom. The van der Waals surface area contributed by atoms with Gasteiger partial charge in [0, 0.05) is 56.4 Å². The van der Waals surface area contributed by atoms with Crippen LogP contribution in [-0.2, 0) is 4.79 Å². The van der Waals surface area contributed by atoms with Gasteiger partial charge in [-0.25, -0.2) is 0 Å². The third kappa shape index (κ3) is 5.68. The Hall–Kier alpha value is -2.15. The molecule has 178 valence electrons. The molecule has 2 N–H and O–H groups in total. The van der Waals surface area contributed by atoms with Crippen molar-refractivity contribution < 1.29 is 9.90 Å². The fourth-order valence-electron chi connectivity index (χ4n) is 4.76. The predicted octanol–water partition coefficient (Wildman–Crippen LogP) is 4.28. The molecule has 0 aromatic heterocycles. The molecule has 8 heteroatoms. The number of anilines is 1. The summed E-state index contributed by atoms with van der Waals surface area (Å²) in [6.45, 7) is 12.6. The van der Waals surface area contributed by atoms with E-state index < -0.39 is 0 Å². The Balaban J connectivity index is 1.24. The summed E-state index contributed by atoms with van der Waals surface area (Å²) >= 11 is 12.4. The van der Waals surface area contributed by atoms with Crippen molar-refractivity contribution in [2.24, 2.45) is 5.92 Å². The highest BCUT2D eigenvalue weighted by Crippen LogP contribution is 2.29. The molecule has 0 bridgehead atoms. The van der Waals surface area contributed by atoms with E-state index in [-0.39, 0.29) is 28.0 Å². The number of hydrogen-bond acceptors (Lipinski definition) is 5. The molecule has 0 saturated carbocycles. The Morgan fingerprint density at radius 3 is 2.73 bits per heavy atom. The van der Waals surface area contributed by atoms with Crippen molar-refractivity contribution in [3.8, 4) is 5.75 Å². The third-order valence-electron chi connectivity index (χ3n) is 6.82. The van der Waals surface area contributed by atoms with Crippen LogP contribution in [0.2, 0.25) is 5.02 Å². The number of nitrogens with zero attached hydrogens (tertiary/aromatic N) is 3. The number of nitrogens with one attached hydrogen (secondary N) is 1. The molecule has 2 fully saturated rings. The molecule has 1 aromatic carbocycles. The van der Waals surface area contributed by atoms with Gasteiger partial charge < -0.3 is 20.2 Å². The number of hydrogen-bond donors (Lipinski definition) is 2. The lowest BCUT2D eigenvalue weighted by Gasteiger charge is -2.40. The molecule has 2 atom stereocenters. The standard InChI is InChI=1S/C25H32Cl2N4O2/c1-17(30-10-12-31(13-11-30)23-5-3-4-21(26)18(23)2)15-29-9-8-19(16-29)25(33)28-20-6-7-24(32)22(27)14-20/h3,5-7,14,19,21,32H,1,4,8-13,15-16H2,2H3,(H,28,33)/t19-,21?/m1/s1. The number of halogens is 2. The van der Waals surface area contributed by atoms with Gasteiger partial charge in [0.15, 0.2) is 0 Å². The smallest absolute Gasteiger partial charge is 0.228 e. The maximum absolute atomic E-state index is 12.7. The van der Waals surface area contributed by atoms with Crippen LogP contribution in [0, 0.1) is 5.92 Å². The molecule has 6 nitrogen and oxygen atoms in total. The van der Waals surface area contributed by atoms with Crippen molar-refractivity contribution in [3.05, 3.63) is 58.9 Å². The molecule has 2 saturated heterocycles. The number of carbonyl (C=O) groups is 1. The molecule has 4 rings (SSSR count). The number of aromatic hydroxyl groups is 1. The highest BCUT2D eigenvalue weighted by molar-refractivity contribution is 6.32. The number of rotatable bonds is 6. The van der Waals surface area contributed by atoms with Gasteiger partial charge in [-0.15, -0.1) is 11.6 Å². The van der Waals surface area contributed by atoms with E-state index in [1.165, 1.54) is 17.3 Å². The van der Waals surface area contributed by atoms with E-state index in [4.69, 9.17) is 23.2 Å². The lowest BCUT2D eigenvalue weighted by atomic mass is 10.0. The predicted molar refractivity (Wildman–Crippen MR) is 135 cm³/mol. The van der Waals surface area contributed by atoms with Crippen LogP contribution in [0.15, 0.2) is 53.9 Å². The molecule has 3 aliphatic rings. The van der Waals surface area contributed by atoms with Gasteiger partial charge in [-0.05, 0) is 56.2 Å². The normalized spacial score (nSPS) is 23.8. The first kappa shape index (κ1) is 24.0. The first-order valence-corrected chi connectivity index (χ1v) is 12.3. The van der Waals surface area contributed by atoms with Crippen LogP contribution >= 0.6 is 23.2 Å². The zero-order valence-corrected chi connectivity index (χ0v) is 20.6. The maximum atomic E-state index is 12.7. The number of carbonyl (C=O) groups excluding carboxylic acids is 1. The first-order valence-electron chi connectivity index (χ1n) is 11.5. The minimum Gasteiger partial charge on any atom is -0.506 e. The number of alkyl halides is 1. The average molecular weight is 491 g/mol. The summed E-state index contributed by atoms with van der Waals surface area (Å²) in [6.07, 6.45) is 6.10. The zero-order chi connectivity index (χ0) is 23.5. The molecule has 1 aromatic rings. The lowest BCUT2D eigenvalue weighted by molar-refractivity contribution is -0.119. The van der Waals surface area contributed by atoms with Crippen LogP contribution in [0.1, 0.15) is 19.8 Å². The van der Waals surface area contributed by atoms with Crippen LogP contribution in [-0.4, -0.2) is 76.9 Å². The van der Waals surface area contributed by atoms with Crippen LogP contribution in [0.4, 0.5) is 5.69 Å². The first-order chi connectivity index (χ1) is 15.8. The molecule has 0 radical (unpaired) electrons. The number of likely N-dealkylation sites (tertiary alicyclic amines) is 1. The van der Waals surface area contributed by atoms with Gasteiger partial charge in [-0.3, -0.25) is 9.69 Å². The number of phenolic OH excluding ortho intramolecular Hbond substituents is 1. The third-order valence-corrected chi connectivity index (χ3v) is 7.63. The van der Waals surface area contributed by atoms with Gasteiger partial charge in [-0.1, -0.05) is 24.3 Å². The summed E-state index contributed by atoms with van der Waals surface area (Å²) in [5, 5.41) is 12.8. The Labute approximate surface area is 206 Å². The highest BCUT2D eigenvalue weighted by atomic mass is 35.5. The van der Waals surface area contributed by atoms with Crippen molar-refractivity contribution in [3.63, 3.8) is 0 Å². The van der Waals surface area contributed by atoms with E-state index in [0.717, 1.165) is 57.8 Å². The van der Waals surface area contributed by atoms with Crippen LogP contribution in [0.3, 0.4) is 0 Å². The van der Waals surface area contributed by atoms with Crippen LogP contribution in [0.5, 0.6) is 5.75 Å². The maximum Gasteiger partial charge on any atom is 0.228 e. The molecule has 2 aliphatic heterocycles. The van der Waals surface area contributed by atoms with Crippen molar-refractivity contribution in [2.75, 3.05) is 51.1 Å². The summed E-state index contributed by atoms with van der Waals surface area (Å²) < 4.78 is 0. The van der Waals surface area contributed by atoms with Gasteiger partial charge in [0.05, 0.1) is 16.3 Å². The van der Waals surface area contributed by atoms with E-state index in [1.807, 2.05) is 0 Å². The van der Waals surface area contributed by atoms with E-state index >= 15 is 0 Å². The second-order valence-corrected chi connectivity index (χ2v) is 10.0. The van der Waals surface area contributed by atoms with E-state index in [1.54, 1.807) is 12.1 Å². The minimum absolute atomic E-state index is 0.00589. The van der Waals surface area contributed by atoms with Gasteiger partial charge in [0.25, 0.3) is 0 Å². The van der Waals surface area contributed by atoms with Crippen molar-refractivity contribution >= 4 is 34.8 Å². The largest absolute Gasteiger partial charge is 0.506 e. The fourth-order valence-corrected chi connectivity index (χ4v) is 5.16. The topological polar surface area (TPSA) is 59.1 Å². The Kier molecular flexibility index (Phi) is 7.57. The highest BCUT2D eigenvalue weighted by Gasteiger charge is 2.30. The van der Waals surface area contributed by atoms with E-state index in [9.17, 15) is 9.90 Å². The molecular formula is C25H32Cl2N4O2. The lowest BCUT2D eigenvalue weighted by Crippen LogP contribution is -2.47. The second-order valence-electron chi connectivity index (χ2n) is 9.09. The Morgan fingerprint density at radius 1 is 1.24 bits per heavy atom. The van der Waals surface area contributed by atoms with Crippen LogP contribution < -0.4 is 5.32 Å². The number of allylic oxidation sites excluding steroid dienone is 3. The summed E-state index contributed by atoms with van der Waals surface area (Å²) in [5.74, 6) is -0.0784. The molecule has 0 spiro atoms. The Bertz CT molecular complexity index is 969. The van der Waals surface area contributed by atoms with Gasteiger partial charge >= 0.3 is 0 Å². The van der Waals surface area contributed by atoms with Crippen LogP contribution in [0.25, 0.3) is 0 Å². The minimum atomic E-state index is -0.0706. The van der Waals surface area contributed by atoms with Crippen molar-refractivity contribution in [2.45, 2.75) is 25.1 Å². The number of benzene rings is 1. The van der Waals surface area contributed by atoms with E-state index in [0.29, 0.717) is 12.2 Å². The zero-order valence-electron chi connectivity index (χ0n) is 19.1. The second kappa shape index (κ2) is 10.4. The molecule has 1 unspecified atom stereocenters.